The van der Waals surface area contributed by atoms with Crippen LogP contribution in [0.3, 0.4) is 0 Å². The van der Waals surface area contributed by atoms with Crippen molar-refractivity contribution < 1.29 is 23.1 Å². The van der Waals surface area contributed by atoms with Crippen molar-refractivity contribution in [1.82, 2.24) is 4.98 Å². The topological polar surface area (TPSA) is 68.3 Å². The third kappa shape index (κ3) is 4.58. The van der Waals surface area contributed by atoms with Crippen LogP contribution in [0.1, 0.15) is 22.3 Å². The molecule has 1 N–H and O–H groups in total. The summed E-state index contributed by atoms with van der Waals surface area (Å²) in [7, 11) is 0. The summed E-state index contributed by atoms with van der Waals surface area (Å²) in [6, 6.07) is 11.0. The fourth-order valence-electron chi connectivity index (χ4n) is 2.35. The Kier molecular flexibility index (Phi) is 5.79. The van der Waals surface area contributed by atoms with Crippen LogP contribution in [0.4, 0.5) is 14.5 Å². The van der Waals surface area contributed by atoms with E-state index in [-0.39, 0.29) is 10.7 Å². The molecule has 0 saturated heterocycles. The number of rotatable bonds is 5. The predicted molar refractivity (Wildman–Crippen MR) is 102 cm³/mol. The SMILES string of the molecule is Cc1nc(-c2ccc(F)cc2)sc1C(=O)O[C@H](C)C(=O)Nc1ccc(F)cc1. The normalized spacial score (nSPS) is 11.7. The number of halogens is 2. The number of carbonyl (C=O) groups is 2. The highest BCUT2D eigenvalue weighted by atomic mass is 32.1. The Hall–Kier alpha value is -3.13. The number of aromatic nitrogens is 1. The van der Waals surface area contributed by atoms with Crippen LogP contribution in [0, 0.1) is 18.6 Å². The van der Waals surface area contributed by atoms with Gasteiger partial charge in [-0.1, -0.05) is 0 Å². The van der Waals surface area contributed by atoms with Crippen molar-refractivity contribution in [2.75, 3.05) is 5.32 Å². The molecule has 8 heteroatoms. The quantitative estimate of drug-likeness (QED) is 0.635. The molecule has 0 bridgehead atoms. The molecular weight excluding hydrogens is 386 g/mol. The Labute approximate surface area is 164 Å². The molecule has 0 aliphatic rings. The van der Waals surface area contributed by atoms with Gasteiger partial charge in [-0.05, 0) is 62.4 Å². The largest absolute Gasteiger partial charge is 0.448 e. The number of hydrogen-bond acceptors (Lipinski definition) is 5. The van der Waals surface area contributed by atoms with Gasteiger partial charge in [-0.25, -0.2) is 18.6 Å². The zero-order chi connectivity index (χ0) is 20.3. The average molecular weight is 402 g/mol. The molecule has 0 spiro atoms. The number of hydrogen-bond donors (Lipinski definition) is 1. The summed E-state index contributed by atoms with van der Waals surface area (Å²) in [6.07, 6.45) is -1.06. The second kappa shape index (κ2) is 8.26. The van der Waals surface area contributed by atoms with E-state index in [0.29, 0.717) is 22.0 Å². The van der Waals surface area contributed by atoms with Crippen LogP contribution < -0.4 is 5.32 Å². The van der Waals surface area contributed by atoms with Gasteiger partial charge in [0.25, 0.3) is 5.91 Å². The summed E-state index contributed by atoms with van der Waals surface area (Å²) in [5.41, 5.74) is 1.53. The first-order valence-corrected chi connectivity index (χ1v) is 9.16. The standard InChI is InChI=1S/C20H16F2N2O3S/c1-11-17(28-19(23-11)13-3-5-14(21)6-4-13)20(26)27-12(2)18(25)24-16-9-7-15(22)8-10-16/h3-10,12H,1-2H3,(H,24,25)/t12-/m1/s1. The van der Waals surface area contributed by atoms with Gasteiger partial charge in [0.1, 0.15) is 21.5 Å². The van der Waals surface area contributed by atoms with Crippen LogP contribution in [0.25, 0.3) is 10.6 Å². The van der Waals surface area contributed by atoms with E-state index in [4.69, 9.17) is 4.74 Å². The summed E-state index contributed by atoms with van der Waals surface area (Å²) < 4.78 is 31.2. The minimum Gasteiger partial charge on any atom is -0.448 e. The summed E-state index contributed by atoms with van der Waals surface area (Å²) in [4.78, 5) is 29.2. The third-order valence-corrected chi connectivity index (χ3v) is 5.02. The first-order valence-electron chi connectivity index (χ1n) is 8.34. The van der Waals surface area contributed by atoms with Crippen LogP contribution in [-0.2, 0) is 9.53 Å². The zero-order valence-electron chi connectivity index (χ0n) is 15.0. The maximum atomic E-state index is 13.1. The molecule has 3 aromatic rings. The van der Waals surface area contributed by atoms with Crippen LogP contribution in [0.5, 0.6) is 0 Å². The van der Waals surface area contributed by atoms with Crippen molar-refractivity contribution in [2.24, 2.45) is 0 Å². The number of nitrogens with zero attached hydrogens (tertiary/aromatic N) is 1. The smallest absolute Gasteiger partial charge is 0.351 e. The van der Waals surface area contributed by atoms with E-state index in [1.165, 1.54) is 43.3 Å². The summed E-state index contributed by atoms with van der Waals surface area (Å²) in [6.45, 7) is 3.09. The first-order chi connectivity index (χ1) is 13.3. The number of carbonyl (C=O) groups excluding carboxylic acids is 2. The second-order valence-corrected chi connectivity index (χ2v) is 6.98. The summed E-state index contributed by atoms with van der Waals surface area (Å²) >= 11 is 1.10. The predicted octanol–water partition coefficient (Wildman–Crippen LogP) is 4.58. The molecule has 5 nitrogen and oxygen atoms in total. The molecule has 1 amide bonds. The van der Waals surface area contributed by atoms with Crippen LogP contribution in [0.15, 0.2) is 48.5 Å². The van der Waals surface area contributed by atoms with Crippen molar-refractivity contribution in [2.45, 2.75) is 20.0 Å². The molecule has 0 unspecified atom stereocenters. The molecule has 3 rings (SSSR count). The maximum Gasteiger partial charge on any atom is 0.351 e. The number of benzene rings is 2. The van der Waals surface area contributed by atoms with Crippen molar-refractivity contribution in [3.63, 3.8) is 0 Å². The Balaban J connectivity index is 1.67. The van der Waals surface area contributed by atoms with Gasteiger partial charge in [0.05, 0.1) is 5.69 Å². The van der Waals surface area contributed by atoms with Crippen LogP contribution >= 0.6 is 11.3 Å². The van der Waals surface area contributed by atoms with Gasteiger partial charge < -0.3 is 10.1 Å². The molecule has 1 atom stereocenters. The summed E-state index contributed by atoms with van der Waals surface area (Å²) in [5, 5.41) is 3.10. The maximum absolute atomic E-state index is 13.1. The van der Waals surface area contributed by atoms with E-state index in [1.54, 1.807) is 19.1 Å². The Morgan fingerprint density at radius 3 is 2.21 bits per heavy atom. The fourth-order valence-corrected chi connectivity index (χ4v) is 3.30. The van der Waals surface area contributed by atoms with E-state index >= 15 is 0 Å². The monoisotopic (exact) mass is 402 g/mol. The lowest BCUT2D eigenvalue weighted by atomic mass is 10.2. The lowest BCUT2D eigenvalue weighted by Gasteiger charge is -2.13. The fraction of sp³-hybridized carbons (Fsp3) is 0.150. The number of ether oxygens (including phenoxy) is 1. The van der Waals surface area contributed by atoms with Gasteiger partial charge in [-0.3, -0.25) is 4.79 Å². The second-order valence-electron chi connectivity index (χ2n) is 5.98. The van der Waals surface area contributed by atoms with Crippen LogP contribution in [0.2, 0.25) is 0 Å². The average Bonchev–Trinajstić information content (AvgIpc) is 3.06. The highest BCUT2D eigenvalue weighted by molar-refractivity contribution is 7.17. The molecule has 144 valence electrons. The van der Waals surface area contributed by atoms with E-state index in [2.05, 4.69) is 10.3 Å². The molecule has 0 aliphatic carbocycles. The van der Waals surface area contributed by atoms with E-state index in [9.17, 15) is 18.4 Å². The van der Waals surface area contributed by atoms with Crippen molar-refractivity contribution in [1.29, 1.82) is 0 Å². The lowest BCUT2D eigenvalue weighted by molar-refractivity contribution is -0.123. The number of amides is 1. The minimum atomic E-state index is -1.06. The molecular formula is C20H16F2N2O3S. The van der Waals surface area contributed by atoms with E-state index < -0.39 is 23.8 Å². The number of thiazole rings is 1. The summed E-state index contributed by atoms with van der Waals surface area (Å²) in [5.74, 6) is -2.00. The van der Waals surface area contributed by atoms with Gasteiger partial charge >= 0.3 is 5.97 Å². The van der Waals surface area contributed by atoms with Gasteiger partial charge in [0.2, 0.25) is 0 Å². The molecule has 1 heterocycles. The number of aryl methyl sites for hydroxylation is 1. The van der Waals surface area contributed by atoms with Crippen LogP contribution in [-0.4, -0.2) is 23.0 Å². The highest BCUT2D eigenvalue weighted by Gasteiger charge is 2.23. The minimum absolute atomic E-state index is 0.265. The molecule has 28 heavy (non-hydrogen) atoms. The van der Waals surface area contributed by atoms with Crippen molar-refractivity contribution >= 4 is 28.9 Å². The zero-order valence-corrected chi connectivity index (χ0v) is 15.8. The van der Waals surface area contributed by atoms with Gasteiger partial charge in [0.15, 0.2) is 6.10 Å². The number of nitrogens with one attached hydrogen (secondary N) is 1. The number of anilines is 1. The Morgan fingerprint density at radius 2 is 1.61 bits per heavy atom. The highest BCUT2D eigenvalue weighted by Crippen LogP contribution is 2.28. The van der Waals surface area contributed by atoms with Crippen molar-refractivity contribution in [3.8, 4) is 10.6 Å². The van der Waals surface area contributed by atoms with Gasteiger partial charge in [-0.15, -0.1) is 11.3 Å². The molecule has 1 aromatic heterocycles. The molecule has 0 saturated carbocycles. The molecule has 0 radical (unpaired) electrons. The molecule has 0 fully saturated rings. The Morgan fingerprint density at radius 1 is 1.04 bits per heavy atom. The van der Waals surface area contributed by atoms with Gasteiger partial charge in [-0.2, -0.15) is 0 Å². The van der Waals surface area contributed by atoms with E-state index in [0.717, 1.165) is 11.3 Å². The lowest BCUT2D eigenvalue weighted by Crippen LogP contribution is -2.29. The first kappa shape index (κ1) is 19.6. The Bertz CT molecular complexity index is 1000. The van der Waals surface area contributed by atoms with Crippen molar-refractivity contribution in [3.05, 3.63) is 70.7 Å². The molecule has 0 aliphatic heterocycles. The van der Waals surface area contributed by atoms with Gasteiger partial charge in [0, 0.05) is 11.3 Å². The third-order valence-electron chi connectivity index (χ3n) is 3.84. The molecule has 2 aromatic carbocycles. The van der Waals surface area contributed by atoms with E-state index in [1.807, 2.05) is 0 Å². The number of esters is 1.